The Balaban J connectivity index is 0.00000162. The molecule has 0 aliphatic carbocycles. The van der Waals surface area contributed by atoms with Gasteiger partial charge in [0.05, 0.1) is 0 Å². The molecule has 2 aromatic carbocycles. The predicted octanol–water partition coefficient (Wildman–Crippen LogP) is 4.64. The van der Waals surface area contributed by atoms with Gasteiger partial charge in [0.25, 0.3) is 0 Å². The topological polar surface area (TPSA) is 24.1 Å². The first-order valence-corrected chi connectivity index (χ1v) is 6.40. The molecule has 5 heteroatoms. The van der Waals surface area contributed by atoms with Gasteiger partial charge in [-0.15, -0.1) is 12.4 Å². The SMILES string of the molecule is Cl.Clc1ccc(CNNc2ccc(Br)cc2)cc1. The molecule has 0 aromatic heterocycles. The van der Waals surface area contributed by atoms with Crippen LogP contribution < -0.4 is 10.9 Å². The van der Waals surface area contributed by atoms with E-state index in [-0.39, 0.29) is 12.4 Å². The second-order valence-electron chi connectivity index (χ2n) is 3.61. The van der Waals surface area contributed by atoms with Gasteiger partial charge in [-0.25, -0.2) is 5.43 Å². The molecule has 0 atom stereocenters. The lowest BCUT2D eigenvalue weighted by Gasteiger charge is -2.08. The molecule has 0 unspecified atom stereocenters. The van der Waals surface area contributed by atoms with Crippen molar-refractivity contribution >= 4 is 45.6 Å². The molecule has 2 rings (SSSR count). The Labute approximate surface area is 126 Å². The molecule has 0 bridgehead atoms. The van der Waals surface area contributed by atoms with Gasteiger partial charge in [-0.05, 0) is 42.0 Å². The average molecular weight is 348 g/mol. The van der Waals surface area contributed by atoms with Crippen LogP contribution in [0.1, 0.15) is 5.56 Å². The quantitative estimate of drug-likeness (QED) is 0.787. The Hall–Kier alpha value is -0.740. The predicted molar refractivity (Wildman–Crippen MR) is 83.3 cm³/mol. The molecule has 2 nitrogen and oxygen atoms in total. The van der Waals surface area contributed by atoms with Crippen LogP contribution in [0.3, 0.4) is 0 Å². The molecule has 0 heterocycles. The molecule has 96 valence electrons. The summed E-state index contributed by atoms with van der Waals surface area (Å²) < 4.78 is 1.07. The second kappa shape index (κ2) is 7.64. The Kier molecular flexibility index (Phi) is 6.50. The lowest BCUT2D eigenvalue weighted by molar-refractivity contribution is 0.801. The van der Waals surface area contributed by atoms with Gasteiger partial charge in [0, 0.05) is 21.7 Å². The van der Waals surface area contributed by atoms with E-state index in [1.165, 1.54) is 5.56 Å². The third kappa shape index (κ3) is 4.86. The molecular weight excluding hydrogens is 335 g/mol. The standard InChI is InChI=1S/C13H12BrClN2.ClH/c14-11-3-7-13(8-4-11)17-16-9-10-1-5-12(15)6-2-10;/h1-8,16-17H,9H2;1H. The molecule has 2 aromatic rings. The highest BCUT2D eigenvalue weighted by atomic mass is 79.9. The average Bonchev–Trinajstić information content (AvgIpc) is 2.34. The van der Waals surface area contributed by atoms with Crippen LogP contribution in [0.2, 0.25) is 5.02 Å². The first-order chi connectivity index (χ1) is 8.24. The van der Waals surface area contributed by atoms with E-state index in [1.54, 1.807) is 0 Å². The number of hydrazine groups is 1. The van der Waals surface area contributed by atoms with E-state index in [0.717, 1.165) is 21.7 Å². The Morgan fingerprint density at radius 3 is 2.17 bits per heavy atom. The van der Waals surface area contributed by atoms with Crippen molar-refractivity contribution in [3.05, 3.63) is 63.6 Å². The minimum absolute atomic E-state index is 0. The fraction of sp³-hybridized carbons (Fsp3) is 0.0769. The monoisotopic (exact) mass is 346 g/mol. The van der Waals surface area contributed by atoms with E-state index in [1.807, 2.05) is 48.5 Å². The van der Waals surface area contributed by atoms with Crippen molar-refractivity contribution < 1.29 is 0 Å². The maximum Gasteiger partial charge on any atom is 0.0488 e. The highest BCUT2D eigenvalue weighted by molar-refractivity contribution is 9.10. The largest absolute Gasteiger partial charge is 0.321 e. The molecule has 0 saturated carbocycles. The van der Waals surface area contributed by atoms with Gasteiger partial charge in [0.15, 0.2) is 0 Å². The summed E-state index contributed by atoms with van der Waals surface area (Å²) in [5, 5.41) is 0.759. The van der Waals surface area contributed by atoms with Crippen molar-refractivity contribution in [1.82, 2.24) is 5.43 Å². The van der Waals surface area contributed by atoms with Gasteiger partial charge in [-0.3, -0.25) is 0 Å². The lowest BCUT2D eigenvalue weighted by atomic mass is 10.2. The normalized spacial score (nSPS) is 9.67. The van der Waals surface area contributed by atoms with Crippen LogP contribution in [-0.2, 0) is 6.54 Å². The number of benzene rings is 2. The molecule has 0 saturated heterocycles. The van der Waals surface area contributed by atoms with Crippen LogP contribution in [0, 0.1) is 0 Å². The van der Waals surface area contributed by atoms with Gasteiger partial charge in [0.2, 0.25) is 0 Å². The van der Waals surface area contributed by atoms with E-state index >= 15 is 0 Å². The number of anilines is 1. The fourth-order valence-corrected chi connectivity index (χ4v) is 1.77. The molecule has 0 radical (unpaired) electrons. The van der Waals surface area contributed by atoms with E-state index in [9.17, 15) is 0 Å². The van der Waals surface area contributed by atoms with Gasteiger partial charge in [-0.2, -0.15) is 0 Å². The molecule has 2 N–H and O–H groups in total. The lowest BCUT2D eigenvalue weighted by Crippen LogP contribution is -2.20. The summed E-state index contributed by atoms with van der Waals surface area (Å²) in [5.41, 5.74) is 8.49. The number of nitrogens with one attached hydrogen (secondary N) is 2. The molecule has 0 aliphatic rings. The van der Waals surface area contributed by atoms with Crippen molar-refractivity contribution in [3.8, 4) is 0 Å². The van der Waals surface area contributed by atoms with E-state index in [2.05, 4.69) is 26.8 Å². The van der Waals surface area contributed by atoms with Crippen molar-refractivity contribution in [2.45, 2.75) is 6.54 Å². The zero-order valence-corrected chi connectivity index (χ0v) is 12.6. The maximum atomic E-state index is 5.82. The number of hydrogen-bond acceptors (Lipinski definition) is 2. The molecule has 0 aliphatic heterocycles. The van der Waals surface area contributed by atoms with Crippen molar-refractivity contribution in [2.24, 2.45) is 0 Å². The van der Waals surface area contributed by atoms with Crippen LogP contribution in [0.15, 0.2) is 53.0 Å². The van der Waals surface area contributed by atoms with Crippen LogP contribution in [-0.4, -0.2) is 0 Å². The summed E-state index contributed by atoms with van der Waals surface area (Å²) in [6, 6.07) is 15.8. The highest BCUT2D eigenvalue weighted by Crippen LogP contribution is 2.13. The smallest absolute Gasteiger partial charge is 0.0488 e. The first kappa shape index (κ1) is 15.3. The summed E-state index contributed by atoms with van der Waals surface area (Å²) in [4.78, 5) is 0. The fourth-order valence-electron chi connectivity index (χ4n) is 1.38. The van der Waals surface area contributed by atoms with Crippen molar-refractivity contribution in [1.29, 1.82) is 0 Å². The van der Waals surface area contributed by atoms with Gasteiger partial charge in [-0.1, -0.05) is 39.7 Å². The number of rotatable bonds is 4. The molecular formula is C13H13BrCl2N2. The zero-order valence-electron chi connectivity index (χ0n) is 9.49. The third-order valence-electron chi connectivity index (χ3n) is 2.28. The third-order valence-corrected chi connectivity index (χ3v) is 3.06. The van der Waals surface area contributed by atoms with Crippen molar-refractivity contribution in [2.75, 3.05) is 5.43 Å². The first-order valence-electron chi connectivity index (χ1n) is 5.23. The van der Waals surface area contributed by atoms with Crippen LogP contribution in [0.25, 0.3) is 0 Å². The van der Waals surface area contributed by atoms with E-state index < -0.39 is 0 Å². The zero-order chi connectivity index (χ0) is 12.1. The summed E-state index contributed by atoms with van der Waals surface area (Å²) in [6.45, 7) is 0.743. The molecule has 18 heavy (non-hydrogen) atoms. The summed E-state index contributed by atoms with van der Waals surface area (Å²) in [6.07, 6.45) is 0. The number of halogens is 3. The molecule has 0 amide bonds. The molecule has 0 fully saturated rings. The van der Waals surface area contributed by atoms with Crippen LogP contribution in [0.4, 0.5) is 5.69 Å². The minimum Gasteiger partial charge on any atom is -0.321 e. The van der Waals surface area contributed by atoms with Gasteiger partial charge < -0.3 is 5.43 Å². The van der Waals surface area contributed by atoms with E-state index in [4.69, 9.17) is 11.6 Å². The minimum atomic E-state index is 0. The van der Waals surface area contributed by atoms with Crippen LogP contribution in [0.5, 0.6) is 0 Å². The summed E-state index contributed by atoms with van der Waals surface area (Å²) in [7, 11) is 0. The summed E-state index contributed by atoms with van der Waals surface area (Å²) >= 11 is 9.21. The van der Waals surface area contributed by atoms with Gasteiger partial charge in [0.1, 0.15) is 0 Å². The van der Waals surface area contributed by atoms with Gasteiger partial charge >= 0.3 is 0 Å². The Morgan fingerprint density at radius 1 is 0.944 bits per heavy atom. The van der Waals surface area contributed by atoms with E-state index in [0.29, 0.717) is 0 Å². The summed E-state index contributed by atoms with van der Waals surface area (Å²) in [5.74, 6) is 0. The second-order valence-corrected chi connectivity index (χ2v) is 4.96. The maximum absolute atomic E-state index is 5.82. The van der Waals surface area contributed by atoms with Crippen molar-refractivity contribution in [3.63, 3.8) is 0 Å². The Bertz CT molecular complexity index is 426. The highest BCUT2D eigenvalue weighted by Gasteiger charge is 1.93. The Morgan fingerprint density at radius 2 is 1.56 bits per heavy atom. The van der Waals surface area contributed by atoms with Crippen LogP contribution >= 0.6 is 39.9 Å². The number of hydrogen-bond donors (Lipinski definition) is 2. The molecule has 0 spiro atoms.